The zero-order valence-electron chi connectivity index (χ0n) is 11.7. The van der Waals surface area contributed by atoms with E-state index in [0.717, 1.165) is 17.8 Å². The van der Waals surface area contributed by atoms with Crippen LogP contribution in [0.4, 0.5) is 5.69 Å². The molecule has 1 aromatic carbocycles. The Bertz CT molecular complexity index is 635. The van der Waals surface area contributed by atoms with Crippen molar-refractivity contribution in [2.45, 2.75) is 6.42 Å². The third-order valence-corrected chi connectivity index (χ3v) is 3.84. The van der Waals surface area contributed by atoms with E-state index in [1.165, 1.54) is 5.01 Å². The molecule has 1 N–H and O–H groups in total. The van der Waals surface area contributed by atoms with Crippen LogP contribution in [0, 0.1) is 28.6 Å². The van der Waals surface area contributed by atoms with Gasteiger partial charge in [-0.15, -0.1) is 0 Å². The van der Waals surface area contributed by atoms with Gasteiger partial charge in [0.05, 0.1) is 31.2 Å². The highest BCUT2D eigenvalue weighted by atomic mass is 16.5. The van der Waals surface area contributed by atoms with Crippen LogP contribution in [-0.2, 0) is 4.74 Å². The van der Waals surface area contributed by atoms with Gasteiger partial charge in [0, 0.05) is 18.6 Å². The number of ether oxygens (including phenoxy) is 2. The summed E-state index contributed by atoms with van der Waals surface area (Å²) >= 11 is 0. The summed E-state index contributed by atoms with van der Waals surface area (Å²) in [6, 6.07) is 9.57. The molecule has 2 heterocycles. The fourth-order valence-corrected chi connectivity index (χ4v) is 2.72. The van der Waals surface area contributed by atoms with Gasteiger partial charge in [0.2, 0.25) is 0 Å². The average molecular weight is 284 g/mol. The van der Waals surface area contributed by atoms with E-state index in [9.17, 15) is 5.26 Å². The van der Waals surface area contributed by atoms with Crippen LogP contribution in [0.5, 0.6) is 5.75 Å². The Balaban J connectivity index is 2.01. The zero-order valence-corrected chi connectivity index (χ0v) is 11.7. The summed E-state index contributed by atoms with van der Waals surface area (Å²) in [5.41, 5.74) is 1.56. The van der Waals surface area contributed by atoms with Gasteiger partial charge in [-0.1, -0.05) is 6.07 Å². The number of hydrogen-bond donors (Lipinski definition) is 1. The fourth-order valence-electron chi connectivity index (χ4n) is 2.72. The third kappa shape index (κ3) is 2.36. The first-order chi connectivity index (χ1) is 10.2. The lowest BCUT2D eigenvalue weighted by atomic mass is 9.83. The summed E-state index contributed by atoms with van der Waals surface area (Å²) in [5, 5.41) is 23.8. The predicted octanol–water partition coefficient (Wildman–Crippen LogP) is 2.02. The third-order valence-electron chi connectivity index (χ3n) is 3.84. The van der Waals surface area contributed by atoms with Crippen LogP contribution < -0.4 is 9.75 Å². The first-order valence-corrected chi connectivity index (χ1v) is 6.82. The molecule has 0 aromatic heterocycles. The van der Waals surface area contributed by atoms with Crippen molar-refractivity contribution < 1.29 is 9.47 Å². The maximum absolute atomic E-state index is 9.43. The SMILES string of the molecule is COc1cccc(N2N=C3COCCC3C(C#N)C2=N)c1. The molecule has 108 valence electrons. The van der Waals surface area contributed by atoms with Gasteiger partial charge in [-0.3, -0.25) is 5.41 Å². The second-order valence-electron chi connectivity index (χ2n) is 5.04. The van der Waals surface area contributed by atoms with Gasteiger partial charge in [0.1, 0.15) is 17.5 Å². The number of amidine groups is 1. The molecule has 6 nitrogen and oxygen atoms in total. The van der Waals surface area contributed by atoms with E-state index in [0.29, 0.717) is 19.0 Å². The number of nitrogens with one attached hydrogen (secondary N) is 1. The number of nitrogens with zero attached hydrogens (tertiary/aromatic N) is 3. The molecule has 0 bridgehead atoms. The normalized spacial score (nSPS) is 24.9. The smallest absolute Gasteiger partial charge is 0.140 e. The number of rotatable bonds is 2. The summed E-state index contributed by atoms with van der Waals surface area (Å²) in [6.45, 7) is 1.05. The first-order valence-electron chi connectivity index (χ1n) is 6.82. The molecule has 21 heavy (non-hydrogen) atoms. The van der Waals surface area contributed by atoms with E-state index in [-0.39, 0.29) is 11.8 Å². The molecule has 0 saturated carbocycles. The van der Waals surface area contributed by atoms with Gasteiger partial charge in [-0.2, -0.15) is 10.4 Å². The molecule has 2 atom stereocenters. The molecule has 2 unspecified atom stereocenters. The Hall–Kier alpha value is -2.39. The van der Waals surface area contributed by atoms with Crippen LogP contribution in [0.1, 0.15) is 6.42 Å². The molecule has 2 aliphatic heterocycles. The largest absolute Gasteiger partial charge is 0.497 e. The highest BCUT2D eigenvalue weighted by Gasteiger charge is 2.39. The average Bonchev–Trinajstić information content (AvgIpc) is 2.54. The van der Waals surface area contributed by atoms with Crippen molar-refractivity contribution >= 4 is 17.2 Å². The second kappa shape index (κ2) is 5.54. The lowest BCUT2D eigenvalue weighted by molar-refractivity contribution is 0.133. The van der Waals surface area contributed by atoms with Crippen LogP contribution in [0.15, 0.2) is 29.4 Å². The van der Waals surface area contributed by atoms with Crippen molar-refractivity contribution in [1.82, 2.24) is 0 Å². The topological polar surface area (TPSA) is 81.7 Å². The summed E-state index contributed by atoms with van der Waals surface area (Å²) in [7, 11) is 1.59. The molecule has 0 amide bonds. The first kappa shape index (κ1) is 13.6. The quantitative estimate of drug-likeness (QED) is 0.900. The van der Waals surface area contributed by atoms with E-state index in [4.69, 9.17) is 14.9 Å². The molecule has 0 radical (unpaired) electrons. The summed E-state index contributed by atoms with van der Waals surface area (Å²) in [5.74, 6) is 0.420. The lowest BCUT2D eigenvalue weighted by Gasteiger charge is -2.36. The number of nitriles is 1. The lowest BCUT2D eigenvalue weighted by Crippen LogP contribution is -2.47. The predicted molar refractivity (Wildman–Crippen MR) is 78.7 cm³/mol. The van der Waals surface area contributed by atoms with Crippen molar-refractivity contribution in [1.29, 1.82) is 10.7 Å². The van der Waals surface area contributed by atoms with Gasteiger partial charge in [-0.25, -0.2) is 5.01 Å². The van der Waals surface area contributed by atoms with Crippen molar-refractivity contribution in [3.05, 3.63) is 24.3 Å². The van der Waals surface area contributed by atoms with E-state index < -0.39 is 5.92 Å². The number of methoxy groups -OCH3 is 1. The van der Waals surface area contributed by atoms with Gasteiger partial charge in [0.15, 0.2) is 0 Å². The van der Waals surface area contributed by atoms with Gasteiger partial charge in [0.25, 0.3) is 0 Å². The van der Waals surface area contributed by atoms with Crippen LogP contribution in [0.25, 0.3) is 0 Å². The van der Waals surface area contributed by atoms with E-state index in [1.807, 2.05) is 18.2 Å². The maximum Gasteiger partial charge on any atom is 0.140 e. The monoisotopic (exact) mass is 284 g/mol. The van der Waals surface area contributed by atoms with Crippen molar-refractivity contribution in [3.63, 3.8) is 0 Å². The molecule has 3 rings (SSSR count). The van der Waals surface area contributed by atoms with Crippen LogP contribution >= 0.6 is 0 Å². The van der Waals surface area contributed by atoms with Crippen molar-refractivity contribution in [3.8, 4) is 11.8 Å². The second-order valence-corrected chi connectivity index (χ2v) is 5.04. The van der Waals surface area contributed by atoms with Crippen molar-refractivity contribution in [2.75, 3.05) is 25.3 Å². The number of anilines is 1. The number of fused-ring (bicyclic) bond motifs is 1. The minimum atomic E-state index is -0.479. The van der Waals surface area contributed by atoms with Crippen LogP contribution in [0.3, 0.4) is 0 Å². The van der Waals surface area contributed by atoms with Gasteiger partial charge < -0.3 is 9.47 Å². The van der Waals surface area contributed by atoms with Crippen LogP contribution in [-0.4, -0.2) is 31.9 Å². The minimum absolute atomic E-state index is 0.00175. The Morgan fingerprint density at radius 3 is 3.14 bits per heavy atom. The molecular weight excluding hydrogens is 268 g/mol. The standard InChI is InChI=1S/C15H16N4O2/c1-20-11-4-2-3-10(7-11)19-15(17)13(8-16)12-5-6-21-9-14(12)18-19/h2-4,7,12-13,17H,5-6,9H2,1H3. The minimum Gasteiger partial charge on any atom is -0.497 e. The summed E-state index contributed by atoms with van der Waals surface area (Å²) < 4.78 is 10.6. The molecule has 1 fully saturated rings. The molecule has 0 aliphatic carbocycles. The van der Waals surface area contributed by atoms with Gasteiger partial charge in [-0.05, 0) is 18.6 Å². The summed E-state index contributed by atoms with van der Waals surface area (Å²) in [6.07, 6.45) is 0.741. The molecule has 0 spiro atoms. The Labute approximate surface area is 123 Å². The van der Waals surface area contributed by atoms with Gasteiger partial charge >= 0.3 is 0 Å². The van der Waals surface area contributed by atoms with E-state index >= 15 is 0 Å². The zero-order chi connectivity index (χ0) is 14.8. The molecule has 6 heteroatoms. The molecule has 1 saturated heterocycles. The Morgan fingerprint density at radius 2 is 2.38 bits per heavy atom. The molecular formula is C15H16N4O2. The van der Waals surface area contributed by atoms with Crippen molar-refractivity contribution in [2.24, 2.45) is 16.9 Å². The summed E-state index contributed by atoms with van der Waals surface area (Å²) in [4.78, 5) is 0. The number of hydrogen-bond acceptors (Lipinski definition) is 5. The van der Waals surface area contributed by atoms with E-state index in [1.54, 1.807) is 13.2 Å². The molecule has 2 aliphatic rings. The highest BCUT2D eigenvalue weighted by molar-refractivity contribution is 6.07. The maximum atomic E-state index is 9.43. The number of hydrazone groups is 1. The number of benzene rings is 1. The van der Waals surface area contributed by atoms with E-state index in [2.05, 4.69) is 11.2 Å². The Morgan fingerprint density at radius 1 is 1.52 bits per heavy atom. The fraction of sp³-hybridized carbons (Fsp3) is 0.400. The Kier molecular flexibility index (Phi) is 3.59. The molecule has 1 aromatic rings. The highest BCUT2D eigenvalue weighted by Crippen LogP contribution is 2.32. The van der Waals surface area contributed by atoms with Crippen LogP contribution in [0.2, 0.25) is 0 Å².